The number of thioether (sulfide) groups is 1. The lowest BCUT2D eigenvalue weighted by atomic mass is 10.0. The highest BCUT2D eigenvalue weighted by atomic mass is 32.2. The van der Waals surface area contributed by atoms with E-state index in [9.17, 15) is 51.5 Å². The molecule has 0 radical (unpaired) electrons. The smallest absolute Gasteiger partial charge is 0.369 e. The van der Waals surface area contributed by atoms with E-state index < -0.39 is 72.1 Å². The lowest BCUT2D eigenvalue weighted by Crippen LogP contribution is -2.47. The van der Waals surface area contributed by atoms with Gasteiger partial charge in [-0.1, -0.05) is 133 Å². The molecular formula is C64H99F3N10O8S. The molecule has 0 fully saturated rings. The number of halogens is 3. The highest BCUT2D eigenvalue weighted by Crippen LogP contribution is 2.29. The van der Waals surface area contributed by atoms with E-state index in [2.05, 4.69) is 49.6 Å². The van der Waals surface area contributed by atoms with Gasteiger partial charge in [0.25, 0.3) is 0 Å². The standard InChI is InChI=1S/C64H99F3N10O8S/c1-12-51(33-71-34-52-17-14-13-15-18-52)31-50(10)63(85)76(36-45(4)5)38-46(6)29-48(8)61(83)75(35-44(2)3)37-47(7)30-49(9)62(84)77(39-53-20-22-55(23-21-53)64(65,66)67)41-57(79)72-26-16-19-58(80)74(28-25-69)42-59(81)73(27-24-68)40-56(78)32-54(43-86-11)60(70)82/h13-15,17-18,20-23,29-31,44-45,48-50,54,71H,12,16,19,24-28,32-43,68-69H2,1-11H3,(H2,70,82)(H,72,79)/b46-29+,47-30+,51-31+/t48-,49+,50-,54?/m0/s1. The molecule has 0 aliphatic heterocycles. The van der Waals surface area contributed by atoms with Gasteiger partial charge in [0.15, 0.2) is 5.78 Å². The van der Waals surface area contributed by atoms with Crippen LogP contribution >= 0.6 is 11.8 Å². The Morgan fingerprint density at radius 2 is 1.15 bits per heavy atom. The molecule has 2 aromatic rings. The van der Waals surface area contributed by atoms with Crippen LogP contribution in [0.15, 0.2) is 89.5 Å². The van der Waals surface area contributed by atoms with Crippen LogP contribution < -0.4 is 27.8 Å². The van der Waals surface area contributed by atoms with E-state index in [0.29, 0.717) is 43.1 Å². The Kier molecular flexibility index (Phi) is 34.7. The summed E-state index contributed by atoms with van der Waals surface area (Å²) in [5, 5.41) is 6.21. The number of carbonyl (C=O) groups is 8. The fraction of sp³-hybridized carbons (Fsp3) is 0.594. The molecule has 18 nitrogen and oxygen atoms in total. The summed E-state index contributed by atoms with van der Waals surface area (Å²) >= 11 is 1.36. The molecule has 86 heavy (non-hydrogen) atoms. The summed E-state index contributed by atoms with van der Waals surface area (Å²) in [6.07, 6.45) is 3.51. The number of alkyl halides is 3. The quantitative estimate of drug-likeness (QED) is 0.0340. The average molecular weight is 1230 g/mol. The minimum atomic E-state index is -4.59. The van der Waals surface area contributed by atoms with Crippen molar-refractivity contribution < 1.29 is 51.5 Å². The number of benzene rings is 2. The van der Waals surface area contributed by atoms with Crippen molar-refractivity contribution in [3.8, 4) is 0 Å². The van der Waals surface area contributed by atoms with Crippen molar-refractivity contribution in [3.05, 3.63) is 106 Å². The van der Waals surface area contributed by atoms with Gasteiger partial charge >= 0.3 is 6.18 Å². The molecule has 480 valence electrons. The highest BCUT2D eigenvalue weighted by Gasteiger charge is 2.31. The van der Waals surface area contributed by atoms with Crippen LogP contribution in [0.25, 0.3) is 0 Å². The normalized spacial score (nSPS) is 13.6. The van der Waals surface area contributed by atoms with Gasteiger partial charge < -0.3 is 52.3 Å². The maximum Gasteiger partial charge on any atom is 0.416 e. The average Bonchev–Trinajstić information content (AvgIpc) is 3.65. The molecule has 0 aliphatic rings. The largest absolute Gasteiger partial charge is 0.416 e. The van der Waals surface area contributed by atoms with Gasteiger partial charge in [-0.15, -0.1) is 0 Å². The molecular weight excluding hydrogens is 1130 g/mol. The molecule has 2 rings (SSSR count). The van der Waals surface area contributed by atoms with Crippen LogP contribution in [-0.2, 0) is 57.6 Å². The number of carbonyl (C=O) groups excluding carboxylic acids is 8. The number of hydrogen-bond donors (Lipinski definition) is 5. The first kappa shape index (κ1) is 75.7. The number of amides is 7. The molecule has 0 saturated carbocycles. The third kappa shape index (κ3) is 28.9. The first-order valence-corrected chi connectivity index (χ1v) is 31.3. The van der Waals surface area contributed by atoms with Crippen LogP contribution in [0.4, 0.5) is 13.2 Å². The highest BCUT2D eigenvalue weighted by molar-refractivity contribution is 7.98. The minimum Gasteiger partial charge on any atom is -0.369 e. The second kappa shape index (κ2) is 39.4. The zero-order valence-corrected chi connectivity index (χ0v) is 53.6. The number of nitrogens with one attached hydrogen (secondary N) is 2. The van der Waals surface area contributed by atoms with Crippen molar-refractivity contribution in [3.63, 3.8) is 0 Å². The zero-order chi connectivity index (χ0) is 64.7. The Balaban J connectivity index is 2.24. The van der Waals surface area contributed by atoms with Gasteiger partial charge in [0.1, 0.15) is 0 Å². The van der Waals surface area contributed by atoms with Crippen molar-refractivity contribution in [1.29, 1.82) is 0 Å². The van der Waals surface area contributed by atoms with Crippen LogP contribution in [0.3, 0.4) is 0 Å². The molecule has 4 atom stereocenters. The van der Waals surface area contributed by atoms with Gasteiger partial charge in [0, 0.05) is 97.1 Å². The van der Waals surface area contributed by atoms with Gasteiger partial charge in [-0.05, 0) is 68.0 Å². The van der Waals surface area contributed by atoms with E-state index in [-0.39, 0.29) is 107 Å². The molecule has 0 heterocycles. The summed E-state index contributed by atoms with van der Waals surface area (Å²) in [5.74, 6) is -5.07. The van der Waals surface area contributed by atoms with Crippen LogP contribution in [0.5, 0.6) is 0 Å². The van der Waals surface area contributed by atoms with E-state index in [1.807, 2.05) is 63.8 Å². The second-order valence-electron chi connectivity index (χ2n) is 23.2. The predicted molar refractivity (Wildman–Crippen MR) is 335 cm³/mol. The molecule has 0 aliphatic carbocycles. The van der Waals surface area contributed by atoms with Crippen LogP contribution in [0.2, 0.25) is 0 Å². The molecule has 0 aromatic heterocycles. The van der Waals surface area contributed by atoms with Gasteiger partial charge in [0.2, 0.25) is 41.4 Å². The summed E-state index contributed by atoms with van der Waals surface area (Å²) in [6.45, 7) is 20.9. The van der Waals surface area contributed by atoms with E-state index in [1.54, 1.807) is 31.1 Å². The second-order valence-corrected chi connectivity index (χ2v) is 24.1. The Labute approximate surface area is 513 Å². The zero-order valence-electron chi connectivity index (χ0n) is 52.8. The lowest BCUT2D eigenvalue weighted by Gasteiger charge is -2.29. The molecule has 1 unspecified atom stereocenters. The fourth-order valence-electron chi connectivity index (χ4n) is 9.84. The molecule has 0 saturated heterocycles. The van der Waals surface area contributed by atoms with Crippen molar-refractivity contribution in [2.24, 2.45) is 52.7 Å². The molecule has 0 spiro atoms. The number of nitrogens with two attached hydrogens (primary N) is 3. The topological polar surface area (TPSA) is 255 Å². The number of Topliss-reactive ketones (excluding diaryl/α,β-unsaturated/α-hetero) is 1. The summed E-state index contributed by atoms with van der Waals surface area (Å²) in [5.41, 5.74) is 20.4. The first-order chi connectivity index (χ1) is 40.5. The van der Waals surface area contributed by atoms with E-state index in [0.717, 1.165) is 36.2 Å². The van der Waals surface area contributed by atoms with Crippen molar-refractivity contribution in [2.75, 3.05) is 97.1 Å². The minimum absolute atomic E-state index is 0.00705. The monoisotopic (exact) mass is 1220 g/mol. The Bertz CT molecular complexity index is 2580. The molecule has 22 heteroatoms. The number of rotatable bonds is 40. The first-order valence-electron chi connectivity index (χ1n) is 29.9. The number of primary amides is 1. The van der Waals surface area contributed by atoms with Gasteiger partial charge in [-0.2, -0.15) is 24.9 Å². The van der Waals surface area contributed by atoms with Crippen molar-refractivity contribution in [2.45, 2.75) is 114 Å². The maximum absolute atomic E-state index is 14.3. The summed E-state index contributed by atoms with van der Waals surface area (Å²) in [4.78, 5) is 115. The number of ketones is 1. The van der Waals surface area contributed by atoms with E-state index in [1.165, 1.54) is 44.2 Å². The summed E-state index contributed by atoms with van der Waals surface area (Å²) in [6, 6.07) is 14.4. The molecule has 7 amide bonds. The maximum atomic E-state index is 14.3. The van der Waals surface area contributed by atoms with Gasteiger partial charge in [-0.3, -0.25) is 38.4 Å². The number of hydrogen-bond acceptors (Lipinski definition) is 12. The van der Waals surface area contributed by atoms with Gasteiger partial charge in [-0.25, -0.2) is 0 Å². The van der Waals surface area contributed by atoms with E-state index in [4.69, 9.17) is 17.2 Å². The third-order valence-corrected chi connectivity index (χ3v) is 14.7. The van der Waals surface area contributed by atoms with Crippen molar-refractivity contribution >= 4 is 58.9 Å². The van der Waals surface area contributed by atoms with Crippen LogP contribution in [0.1, 0.15) is 112 Å². The van der Waals surface area contributed by atoms with Crippen LogP contribution in [-0.4, -0.2) is 169 Å². The third-order valence-electron chi connectivity index (χ3n) is 14.0. The summed E-state index contributed by atoms with van der Waals surface area (Å²) in [7, 11) is 0. The Hall–Kier alpha value is -6.36. The Morgan fingerprint density at radius 3 is 1.63 bits per heavy atom. The fourth-order valence-corrected chi connectivity index (χ4v) is 10.5. The van der Waals surface area contributed by atoms with Crippen molar-refractivity contribution in [1.82, 2.24) is 35.1 Å². The molecule has 0 bridgehead atoms. The van der Waals surface area contributed by atoms with Crippen LogP contribution in [0, 0.1) is 35.5 Å². The lowest BCUT2D eigenvalue weighted by molar-refractivity contribution is -0.142. The SMILES string of the molecule is CC/C(=C\[C@H](C)C(=O)N(C/C(C)=C/[C@H](C)C(=O)N(C/C(C)=C/[C@@H](C)C(=O)N(CC(=O)NCCCC(=O)N(CCN)CC(=O)N(CCN)CC(=O)CC(CSC)C(N)=O)Cc1ccc(C(F)(F)F)cc1)CC(C)C)CC(C)C)CNCc1ccccc1. The van der Waals surface area contributed by atoms with E-state index >= 15 is 0 Å². The Morgan fingerprint density at radius 1 is 0.640 bits per heavy atom. The summed E-state index contributed by atoms with van der Waals surface area (Å²) < 4.78 is 40.6. The van der Waals surface area contributed by atoms with Gasteiger partial charge in [0.05, 0.1) is 48.9 Å². The molecule has 2 aromatic carbocycles. The number of nitrogens with zero attached hydrogens (tertiary/aromatic N) is 5. The molecule has 8 N–H and O–H groups in total. The predicted octanol–water partition coefficient (Wildman–Crippen LogP) is 6.83.